The molecule has 0 aliphatic carbocycles. The molecule has 84 valence electrons. The SMILES string of the molecule is c1ccn2c(CN3CCNCC3)nnc2c1. The highest BCUT2D eigenvalue weighted by molar-refractivity contribution is 5.36. The second kappa shape index (κ2) is 4.19. The Bertz CT molecular complexity index is 472. The molecule has 0 spiro atoms. The fourth-order valence-electron chi connectivity index (χ4n) is 2.07. The quantitative estimate of drug-likeness (QED) is 0.777. The van der Waals surface area contributed by atoms with Crippen molar-refractivity contribution >= 4 is 5.65 Å². The fraction of sp³-hybridized carbons (Fsp3) is 0.455. The largest absolute Gasteiger partial charge is 0.314 e. The van der Waals surface area contributed by atoms with Crippen molar-refractivity contribution in [3.05, 3.63) is 30.2 Å². The van der Waals surface area contributed by atoms with Crippen molar-refractivity contribution in [3.8, 4) is 0 Å². The molecule has 5 nitrogen and oxygen atoms in total. The van der Waals surface area contributed by atoms with Crippen LogP contribution in [-0.4, -0.2) is 45.7 Å². The molecule has 1 N–H and O–H groups in total. The Kier molecular flexibility index (Phi) is 2.55. The Morgan fingerprint density at radius 2 is 2.06 bits per heavy atom. The van der Waals surface area contributed by atoms with Gasteiger partial charge in [-0.25, -0.2) is 0 Å². The van der Waals surface area contributed by atoms with Gasteiger partial charge in [-0.3, -0.25) is 9.30 Å². The van der Waals surface area contributed by atoms with E-state index in [-0.39, 0.29) is 0 Å². The molecule has 0 atom stereocenters. The molecule has 0 amide bonds. The minimum absolute atomic E-state index is 0.882. The highest BCUT2D eigenvalue weighted by Crippen LogP contribution is 2.06. The van der Waals surface area contributed by atoms with Gasteiger partial charge in [-0.15, -0.1) is 10.2 Å². The van der Waals surface area contributed by atoms with Crippen molar-refractivity contribution < 1.29 is 0 Å². The highest BCUT2D eigenvalue weighted by atomic mass is 15.3. The molecule has 1 aliphatic heterocycles. The van der Waals surface area contributed by atoms with Gasteiger partial charge in [0.25, 0.3) is 0 Å². The number of fused-ring (bicyclic) bond motifs is 1. The van der Waals surface area contributed by atoms with Crippen LogP contribution in [0.25, 0.3) is 5.65 Å². The number of aromatic nitrogens is 3. The lowest BCUT2D eigenvalue weighted by Crippen LogP contribution is -2.43. The molecule has 1 saturated heterocycles. The standard InChI is InChI=1S/C11H15N5/c1-2-6-16-10(3-1)13-14-11(16)9-15-7-4-12-5-8-15/h1-3,6,12H,4-5,7-9H2. The van der Waals surface area contributed by atoms with Crippen LogP contribution in [0.4, 0.5) is 0 Å². The van der Waals surface area contributed by atoms with E-state index in [2.05, 4.69) is 24.8 Å². The molecule has 2 aromatic heterocycles. The van der Waals surface area contributed by atoms with Crippen molar-refractivity contribution in [2.45, 2.75) is 6.54 Å². The Hall–Kier alpha value is -1.46. The predicted octanol–water partition coefficient (Wildman–Crippen LogP) is 0.134. The van der Waals surface area contributed by atoms with Crippen LogP contribution in [0.5, 0.6) is 0 Å². The van der Waals surface area contributed by atoms with Gasteiger partial charge >= 0.3 is 0 Å². The van der Waals surface area contributed by atoms with Crippen LogP contribution in [0.3, 0.4) is 0 Å². The average Bonchev–Trinajstić information content (AvgIpc) is 2.74. The summed E-state index contributed by atoms with van der Waals surface area (Å²) in [6, 6.07) is 5.98. The maximum atomic E-state index is 4.24. The number of hydrogen-bond donors (Lipinski definition) is 1. The van der Waals surface area contributed by atoms with Gasteiger partial charge < -0.3 is 5.32 Å². The summed E-state index contributed by atoms with van der Waals surface area (Å²) in [7, 11) is 0. The molecule has 0 saturated carbocycles. The van der Waals surface area contributed by atoms with Gasteiger partial charge in [0.1, 0.15) is 0 Å². The van der Waals surface area contributed by atoms with Crippen molar-refractivity contribution in [3.63, 3.8) is 0 Å². The highest BCUT2D eigenvalue weighted by Gasteiger charge is 2.13. The second-order valence-corrected chi connectivity index (χ2v) is 4.07. The van der Waals surface area contributed by atoms with Gasteiger partial charge in [-0.05, 0) is 12.1 Å². The molecule has 0 unspecified atom stereocenters. The first-order valence-electron chi connectivity index (χ1n) is 5.65. The van der Waals surface area contributed by atoms with Gasteiger partial charge in [-0.1, -0.05) is 6.07 Å². The van der Waals surface area contributed by atoms with Crippen LogP contribution in [-0.2, 0) is 6.54 Å². The smallest absolute Gasteiger partial charge is 0.160 e. The number of pyridine rings is 1. The molecule has 2 aromatic rings. The van der Waals surface area contributed by atoms with Crippen LogP contribution in [0.1, 0.15) is 5.82 Å². The van der Waals surface area contributed by atoms with Crippen LogP contribution in [0.15, 0.2) is 24.4 Å². The molecule has 3 heterocycles. The first kappa shape index (κ1) is 9.74. The summed E-state index contributed by atoms with van der Waals surface area (Å²) < 4.78 is 2.06. The number of nitrogens with zero attached hydrogens (tertiary/aromatic N) is 4. The summed E-state index contributed by atoms with van der Waals surface area (Å²) in [6.07, 6.45) is 2.02. The molecule has 3 rings (SSSR count). The molecule has 0 radical (unpaired) electrons. The van der Waals surface area contributed by atoms with E-state index in [1.54, 1.807) is 0 Å². The van der Waals surface area contributed by atoms with E-state index in [0.717, 1.165) is 44.2 Å². The van der Waals surface area contributed by atoms with E-state index >= 15 is 0 Å². The zero-order chi connectivity index (χ0) is 10.8. The van der Waals surface area contributed by atoms with E-state index < -0.39 is 0 Å². The lowest BCUT2D eigenvalue weighted by atomic mass is 10.3. The minimum atomic E-state index is 0.882. The van der Waals surface area contributed by atoms with Crippen molar-refractivity contribution in [2.24, 2.45) is 0 Å². The Morgan fingerprint density at radius 3 is 2.94 bits per heavy atom. The number of piperazine rings is 1. The third kappa shape index (κ3) is 1.79. The Balaban J connectivity index is 1.83. The van der Waals surface area contributed by atoms with Crippen LogP contribution in [0, 0.1) is 0 Å². The van der Waals surface area contributed by atoms with E-state index in [4.69, 9.17) is 0 Å². The summed E-state index contributed by atoms with van der Waals surface area (Å²) in [5.41, 5.74) is 0.924. The molecule has 1 fully saturated rings. The van der Waals surface area contributed by atoms with Crippen molar-refractivity contribution in [1.29, 1.82) is 0 Å². The normalized spacial score (nSPS) is 18.0. The predicted molar refractivity (Wildman–Crippen MR) is 61.1 cm³/mol. The van der Waals surface area contributed by atoms with E-state index in [1.807, 2.05) is 24.4 Å². The van der Waals surface area contributed by atoms with Gasteiger partial charge in [0.2, 0.25) is 0 Å². The summed E-state index contributed by atoms with van der Waals surface area (Å²) >= 11 is 0. The van der Waals surface area contributed by atoms with E-state index in [1.165, 1.54) is 0 Å². The number of rotatable bonds is 2. The monoisotopic (exact) mass is 217 g/mol. The summed E-state index contributed by atoms with van der Waals surface area (Å²) in [5, 5.41) is 11.7. The van der Waals surface area contributed by atoms with E-state index in [9.17, 15) is 0 Å². The van der Waals surface area contributed by atoms with Crippen LogP contribution < -0.4 is 5.32 Å². The molecule has 0 bridgehead atoms. The minimum Gasteiger partial charge on any atom is -0.314 e. The first-order valence-corrected chi connectivity index (χ1v) is 5.65. The second-order valence-electron chi connectivity index (χ2n) is 4.07. The molecule has 1 aliphatic rings. The molecular formula is C11H15N5. The molecule has 5 heteroatoms. The average molecular weight is 217 g/mol. The van der Waals surface area contributed by atoms with Gasteiger partial charge in [0, 0.05) is 32.4 Å². The lowest BCUT2D eigenvalue weighted by molar-refractivity contribution is 0.227. The molecular weight excluding hydrogens is 202 g/mol. The lowest BCUT2D eigenvalue weighted by Gasteiger charge is -2.26. The number of hydrogen-bond acceptors (Lipinski definition) is 4. The zero-order valence-corrected chi connectivity index (χ0v) is 9.13. The van der Waals surface area contributed by atoms with Gasteiger partial charge in [0.05, 0.1) is 6.54 Å². The van der Waals surface area contributed by atoms with E-state index in [0.29, 0.717) is 0 Å². The maximum Gasteiger partial charge on any atom is 0.160 e. The van der Waals surface area contributed by atoms with Crippen molar-refractivity contribution in [2.75, 3.05) is 26.2 Å². The Morgan fingerprint density at radius 1 is 1.19 bits per heavy atom. The zero-order valence-electron chi connectivity index (χ0n) is 9.13. The number of nitrogens with one attached hydrogen (secondary N) is 1. The van der Waals surface area contributed by atoms with Gasteiger partial charge in [-0.2, -0.15) is 0 Å². The molecule has 16 heavy (non-hydrogen) atoms. The summed E-state index contributed by atoms with van der Waals surface area (Å²) in [4.78, 5) is 2.40. The first-order chi connectivity index (χ1) is 7.93. The maximum absolute atomic E-state index is 4.24. The van der Waals surface area contributed by atoms with Gasteiger partial charge in [0.15, 0.2) is 11.5 Å². The molecule has 0 aromatic carbocycles. The topological polar surface area (TPSA) is 45.5 Å². The third-order valence-corrected chi connectivity index (χ3v) is 2.96. The van der Waals surface area contributed by atoms with Crippen molar-refractivity contribution in [1.82, 2.24) is 24.8 Å². The fourth-order valence-corrected chi connectivity index (χ4v) is 2.07. The third-order valence-electron chi connectivity index (χ3n) is 2.96. The summed E-state index contributed by atoms with van der Waals surface area (Å²) in [5.74, 6) is 1.03. The summed E-state index contributed by atoms with van der Waals surface area (Å²) in [6.45, 7) is 5.18. The van der Waals surface area contributed by atoms with Crippen LogP contribution in [0.2, 0.25) is 0 Å². The van der Waals surface area contributed by atoms with Crippen LogP contribution >= 0.6 is 0 Å². The Labute approximate surface area is 94.1 Å².